The highest BCUT2D eigenvalue weighted by molar-refractivity contribution is 6.15. The molecule has 8 aromatic carbocycles. The SMILES string of the molecule is C1=C(c2ccccc2-c2cccc(-c3cccc(-c4ccc(-c5ccccc5)cc4)c3)c2)N=C(c2ccccc2)N=C(c2cccc(-c3ccccc3)c2)C1. The van der Waals surface area contributed by atoms with Gasteiger partial charge in [0.25, 0.3) is 0 Å². The minimum atomic E-state index is 0.654. The van der Waals surface area contributed by atoms with Gasteiger partial charge < -0.3 is 0 Å². The van der Waals surface area contributed by atoms with E-state index in [1.807, 2.05) is 18.2 Å². The summed E-state index contributed by atoms with van der Waals surface area (Å²) >= 11 is 0. The zero-order valence-electron chi connectivity index (χ0n) is 30.4. The van der Waals surface area contributed by atoms with Gasteiger partial charge in [0.2, 0.25) is 0 Å². The summed E-state index contributed by atoms with van der Waals surface area (Å²) in [6, 6.07) is 75.1. The molecule has 0 bridgehead atoms. The van der Waals surface area contributed by atoms with Gasteiger partial charge in [-0.3, -0.25) is 0 Å². The van der Waals surface area contributed by atoms with Crippen molar-refractivity contribution in [2.45, 2.75) is 6.42 Å². The number of nitrogens with zero attached hydrogens (tertiary/aromatic N) is 2. The standard InChI is InChI=1S/C53H38N2/c1-4-15-38(16-5-1)40-29-31-41(32-30-40)43-21-12-23-45(35-43)46-24-13-25-47(36-46)49-27-10-11-28-50(49)52-34-33-51(54-53(55-52)42-19-8-3-9-20-42)48-26-14-22-44(37-48)39-17-6-2-7-18-39/h1-32,34-37H,33H2. The third-order valence-electron chi connectivity index (χ3n) is 10.2. The Kier molecular flexibility index (Phi) is 9.45. The summed E-state index contributed by atoms with van der Waals surface area (Å²) in [5, 5.41) is 0. The topological polar surface area (TPSA) is 24.7 Å². The molecular formula is C53H38N2. The van der Waals surface area contributed by atoms with E-state index in [2.05, 4.69) is 200 Å². The lowest BCUT2D eigenvalue weighted by Crippen LogP contribution is -2.05. The molecule has 0 aromatic heterocycles. The first kappa shape index (κ1) is 33.7. The van der Waals surface area contributed by atoms with E-state index in [1.165, 1.54) is 44.5 Å². The molecule has 55 heavy (non-hydrogen) atoms. The number of benzene rings is 8. The van der Waals surface area contributed by atoms with E-state index in [0.29, 0.717) is 12.3 Å². The molecule has 0 spiro atoms. The largest absolute Gasteiger partial charge is 0.232 e. The van der Waals surface area contributed by atoms with E-state index in [0.717, 1.165) is 39.2 Å². The quantitative estimate of drug-likeness (QED) is 0.151. The fourth-order valence-corrected chi connectivity index (χ4v) is 7.32. The van der Waals surface area contributed by atoms with Gasteiger partial charge in [-0.15, -0.1) is 0 Å². The first-order valence-corrected chi connectivity index (χ1v) is 18.8. The van der Waals surface area contributed by atoms with Gasteiger partial charge >= 0.3 is 0 Å². The Morgan fingerprint density at radius 2 is 0.655 bits per heavy atom. The Labute approximate surface area is 323 Å². The van der Waals surface area contributed by atoms with E-state index >= 15 is 0 Å². The van der Waals surface area contributed by atoms with Gasteiger partial charge in [-0.2, -0.15) is 0 Å². The summed E-state index contributed by atoms with van der Waals surface area (Å²) in [5.74, 6) is 0.710. The molecule has 0 unspecified atom stereocenters. The first-order valence-electron chi connectivity index (χ1n) is 18.8. The summed E-state index contributed by atoms with van der Waals surface area (Å²) in [6.45, 7) is 0. The molecule has 1 aliphatic heterocycles. The van der Waals surface area contributed by atoms with E-state index in [4.69, 9.17) is 9.98 Å². The molecule has 260 valence electrons. The zero-order valence-corrected chi connectivity index (χ0v) is 30.4. The fourth-order valence-electron chi connectivity index (χ4n) is 7.32. The lowest BCUT2D eigenvalue weighted by Gasteiger charge is -2.13. The van der Waals surface area contributed by atoms with Crippen molar-refractivity contribution in [3.63, 3.8) is 0 Å². The predicted molar refractivity (Wildman–Crippen MR) is 232 cm³/mol. The second-order valence-electron chi connectivity index (χ2n) is 13.8. The van der Waals surface area contributed by atoms with Gasteiger partial charge in [0.05, 0.1) is 11.4 Å². The van der Waals surface area contributed by atoms with E-state index in [9.17, 15) is 0 Å². The summed E-state index contributed by atoms with van der Waals surface area (Å²) in [5.41, 5.74) is 16.9. The summed E-state index contributed by atoms with van der Waals surface area (Å²) in [4.78, 5) is 10.6. The number of amidine groups is 1. The van der Waals surface area contributed by atoms with Crippen molar-refractivity contribution in [2.24, 2.45) is 9.98 Å². The molecule has 1 heterocycles. The highest BCUT2D eigenvalue weighted by Gasteiger charge is 2.17. The van der Waals surface area contributed by atoms with Crippen LogP contribution in [-0.4, -0.2) is 11.5 Å². The second kappa shape index (κ2) is 15.4. The van der Waals surface area contributed by atoms with Crippen LogP contribution in [0.15, 0.2) is 228 Å². The van der Waals surface area contributed by atoms with Crippen LogP contribution in [0.4, 0.5) is 0 Å². The van der Waals surface area contributed by atoms with E-state index in [-0.39, 0.29) is 0 Å². The molecule has 2 heteroatoms. The van der Waals surface area contributed by atoms with Crippen LogP contribution < -0.4 is 0 Å². The molecule has 8 aromatic rings. The van der Waals surface area contributed by atoms with Crippen LogP contribution in [0.2, 0.25) is 0 Å². The molecule has 0 N–H and O–H groups in total. The summed E-state index contributed by atoms with van der Waals surface area (Å²) < 4.78 is 0. The van der Waals surface area contributed by atoms with E-state index < -0.39 is 0 Å². The highest BCUT2D eigenvalue weighted by atomic mass is 14.9. The molecular weight excluding hydrogens is 665 g/mol. The van der Waals surface area contributed by atoms with Crippen molar-refractivity contribution in [1.82, 2.24) is 0 Å². The molecule has 0 aliphatic carbocycles. The zero-order chi connectivity index (χ0) is 36.8. The van der Waals surface area contributed by atoms with Crippen LogP contribution in [0.3, 0.4) is 0 Å². The maximum atomic E-state index is 5.30. The maximum absolute atomic E-state index is 5.30. The van der Waals surface area contributed by atoms with Crippen LogP contribution in [0.5, 0.6) is 0 Å². The third-order valence-corrected chi connectivity index (χ3v) is 10.2. The van der Waals surface area contributed by atoms with Crippen molar-refractivity contribution in [1.29, 1.82) is 0 Å². The van der Waals surface area contributed by atoms with Gasteiger partial charge in [-0.25, -0.2) is 9.98 Å². The Morgan fingerprint density at radius 3 is 1.25 bits per heavy atom. The number of allylic oxidation sites excluding steroid dienone is 1. The highest BCUT2D eigenvalue weighted by Crippen LogP contribution is 2.35. The monoisotopic (exact) mass is 702 g/mol. The molecule has 0 atom stereocenters. The third kappa shape index (κ3) is 7.40. The molecule has 0 radical (unpaired) electrons. The first-order chi connectivity index (χ1) is 27.2. The Morgan fingerprint density at radius 1 is 0.273 bits per heavy atom. The van der Waals surface area contributed by atoms with Crippen molar-refractivity contribution >= 4 is 17.2 Å². The molecule has 0 saturated heterocycles. The van der Waals surface area contributed by atoms with Crippen molar-refractivity contribution < 1.29 is 0 Å². The average molecular weight is 703 g/mol. The van der Waals surface area contributed by atoms with Crippen molar-refractivity contribution in [3.8, 4) is 55.6 Å². The Hall–Kier alpha value is -7.16. The average Bonchev–Trinajstić information content (AvgIpc) is 3.51. The Balaban J connectivity index is 1.06. The fraction of sp³-hybridized carbons (Fsp3) is 0.0189. The van der Waals surface area contributed by atoms with E-state index in [1.54, 1.807) is 0 Å². The van der Waals surface area contributed by atoms with Crippen molar-refractivity contribution in [2.75, 3.05) is 0 Å². The number of aliphatic imine (C=N–C) groups is 2. The minimum absolute atomic E-state index is 0.654. The number of hydrogen-bond acceptors (Lipinski definition) is 2. The van der Waals surface area contributed by atoms with Crippen LogP contribution in [0, 0.1) is 0 Å². The van der Waals surface area contributed by atoms with Crippen LogP contribution in [0.1, 0.15) is 23.1 Å². The summed E-state index contributed by atoms with van der Waals surface area (Å²) in [7, 11) is 0. The molecule has 1 aliphatic rings. The smallest absolute Gasteiger partial charge is 0.160 e. The van der Waals surface area contributed by atoms with Gasteiger partial charge in [-0.05, 0) is 79.4 Å². The van der Waals surface area contributed by atoms with Crippen LogP contribution in [0.25, 0.3) is 61.3 Å². The second-order valence-corrected chi connectivity index (χ2v) is 13.8. The molecule has 0 amide bonds. The van der Waals surface area contributed by atoms with Gasteiger partial charge in [-0.1, -0.05) is 200 Å². The lowest BCUT2D eigenvalue weighted by molar-refractivity contribution is 1.42. The molecule has 2 nitrogen and oxygen atoms in total. The number of hydrogen-bond donors (Lipinski definition) is 0. The maximum Gasteiger partial charge on any atom is 0.160 e. The molecule has 9 rings (SSSR count). The van der Waals surface area contributed by atoms with Crippen LogP contribution in [-0.2, 0) is 0 Å². The lowest BCUT2D eigenvalue weighted by atomic mass is 9.93. The molecule has 0 saturated carbocycles. The van der Waals surface area contributed by atoms with Gasteiger partial charge in [0.1, 0.15) is 0 Å². The minimum Gasteiger partial charge on any atom is -0.232 e. The van der Waals surface area contributed by atoms with Gasteiger partial charge in [0, 0.05) is 17.5 Å². The van der Waals surface area contributed by atoms with Gasteiger partial charge in [0.15, 0.2) is 5.84 Å². The molecule has 0 fully saturated rings. The number of rotatable bonds is 8. The van der Waals surface area contributed by atoms with Crippen molar-refractivity contribution in [3.05, 3.63) is 235 Å². The Bertz CT molecular complexity index is 2690. The van der Waals surface area contributed by atoms with Crippen LogP contribution >= 0.6 is 0 Å². The predicted octanol–water partition coefficient (Wildman–Crippen LogP) is 13.7. The summed E-state index contributed by atoms with van der Waals surface area (Å²) in [6.07, 6.45) is 2.89. The normalized spacial score (nSPS) is 12.6.